The number of nitrogens with zero attached hydrogens (tertiary/aromatic N) is 2. The van der Waals surface area contributed by atoms with Crippen LogP contribution in [0.1, 0.15) is 32.3 Å². The highest BCUT2D eigenvalue weighted by atomic mass is 16.5. The van der Waals surface area contributed by atoms with Gasteiger partial charge in [0.2, 0.25) is 0 Å². The summed E-state index contributed by atoms with van der Waals surface area (Å²) in [7, 11) is 0. The molecule has 0 atom stereocenters. The van der Waals surface area contributed by atoms with Crippen LogP contribution in [0, 0.1) is 6.92 Å². The molecule has 0 aliphatic rings. The zero-order chi connectivity index (χ0) is 13.4. The maximum absolute atomic E-state index is 5.48. The molecule has 0 bridgehead atoms. The quantitative estimate of drug-likeness (QED) is 0.719. The summed E-state index contributed by atoms with van der Waals surface area (Å²) in [5.41, 5.74) is 0.943. The lowest BCUT2D eigenvalue weighted by atomic mass is 10.4. The Labute approximate surface area is 109 Å². The van der Waals surface area contributed by atoms with E-state index in [1.165, 1.54) is 0 Å². The third kappa shape index (κ3) is 5.93. The molecule has 5 nitrogen and oxygen atoms in total. The first-order valence-corrected chi connectivity index (χ1v) is 6.39. The molecule has 0 aliphatic heterocycles. The Hall–Kier alpha value is -1.20. The molecule has 18 heavy (non-hydrogen) atoms. The lowest BCUT2D eigenvalue weighted by Crippen LogP contribution is -2.11. The van der Waals surface area contributed by atoms with Gasteiger partial charge in [0.1, 0.15) is 12.4 Å². The summed E-state index contributed by atoms with van der Waals surface area (Å²) < 4.78 is 10.9. The van der Waals surface area contributed by atoms with Gasteiger partial charge in [-0.25, -0.2) is 9.97 Å². The minimum atomic E-state index is 0.240. The third-order valence-corrected chi connectivity index (χ3v) is 2.17. The lowest BCUT2D eigenvalue weighted by Gasteiger charge is -2.09. The molecule has 0 fully saturated rings. The van der Waals surface area contributed by atoms with Gasteiger partial charge in [-0.05, 0) is 27.7 Å². The lowest BCUT2D eigenvalue weighted by molar-refractivity contribution is 0.0127. The molecule has 1 aromatic rings. The molecule has 0 saturated carbocycles. The maximum atomic E-state index is 5.48. The zero-order valence-corrected chi connectivity index (χ0v) is 11.7. The van der Waals surface area contributed by atoms with Crippen molar-refractivity contribution in [3.8, 4) is 0 Å². The monoisotopic (exact) mass is 253 g/mol. The molecule has 0 aliphatic carbocycles. The van der Waals surface area contributed by atoms with E-state index in [1.54, 1.807) is 0 Å². The Balaban J connectivity index is 2.37. The first kappa shape index (κ1) is 14.9. The minimum absolute atomic E-state index is 0.240. The van der Waals surface area contributed by atoms with Gasteiger partial charge in [-0.15, -0.1) is 0 Å². The summed E-state index contributed by atoms with van der Waals surface area (Å²) in [6.45, 7) is 10.4. The van der Waals surface area contributed by atoms with E-state index in [0.29, 0.717) is 25.6 Å². The normalized spacial score (nSPS) is 10.9. The van der Waals surface area contributed by atoms with Crippen molar-refractivity contribution in [3.63, 3.8) is 0 Å². The number of nitrogens with one attached hydrogen (secondary N) is 1. The molecule has 1 rings (SSSR count). The molecule has 0 aromatic carbocycles. The molecule has 0 spiro atoms. The van der Waals surface area contributed by atoms with Gasteiger partial charge >= 0.3 is 0 Å². The van der Waals surface area contributed by atoms with E-state index in [9.17, 15) is 0 Å². The number of anilines is 1. The summed E-state index contributed by atoms with van der Waals surface area (Å²) in [6, 6.07) is 1.93. The van der Waals surface area contributed by atoms with Gasteiger partial charge in [0.15, 0.2) is 5.82 Å². The highest BCUT2D eigenvalue weighted by Gasteiger charge is 2.02. The van der Waals surface area contributed by atoms with Crippen LogP contribution in [0.5, 0.6) is 0 Å². The Morgan fingerprint density at radius 1 is 1.28 bits per heavy atom. The van der Waals surface area contributed by atoms with Crippen molar-refractivity contribution < 1.29 is 9.47 Å². The zero-order valence-electron chi connectivity index (χ0n) is 11.7. The van der Waals surface area contributed by atoms with Crippen LogP contribution in [0.3, 0.4) is 0 Å². The summed E-state index contributed by atoms with van der Waals surface area (Å²) >= 11 is 0. The Kier molecular flexibility index (Phi) is 6.60. The van der Waals surface area contributed by atoms with E-state index < -0.39 is 0 Å². The number of rotatable bonds is 8. The topological polar surface area (TPSA) is 56.3 Å². The van der Waals surface area contributed by atoms with Crippen molar-refractivity contribution in [1.29, 1.82) is 0 Å². The van der Waals surface area contributed by atoms with E-state index in [0.717, 1.165) is 18.1 Å². The second kappa shape index (κ2) is 8.00. The summed E-state index contributed by atoms with van der Waals surface area (Å²) in [5, 5.41) is 3.17. The third-order valence-electron chi connectivity index (χ3n) is 2.17. The van der Waals surface area contributed by atoms with Crippen molar-refractivity contribution in [1.82, 2.24) is 9.97 Å². The van der Waals surface area contributed by atoms with Gasteiger partial charge in [0, 0.05) is 18.3 Å². The first-order valence-electron chi connectivity index (χ1n) is 6.39. The Morgan fingerprint density at radius 2 is 2.06 bits per heavy atom. The average molecular weight is 253 g/mol. The smallest absolute Gasteiger partial charge is 0.156 e. The van der Waals surface area contributed by atoms with E-state index in [4.69, 9.17) is 9.47 Å². The van der Waals surface area contributed by atoms with Gasteiger partial charge in [-0.1, -0.05) is 0 Å². The fraction of sp³-hybridized carbons (Fsp3) is 0.692. The number of aromatic nitrogens is 2. The minimum Gasteiger partial charge on any atom is -0.376 e. The molecule has 1 heterocycles. The second-order valence-electron chi connectivity index (χ2n) is 4.31. The van der Waals surface area contributed by atoms with Crippen LogP contribution in [0.25, 0.3) is 0 Å². The van der Waals surface area contributed by atoms with Crippen LogP contribution in [0.4, 0.5) is 5.82 Å². The van der Waals surface area contributed by atoms with E-state index in [2.05, 4.69) is 15.3 Å². The van der Waals surface area contributed by atoms with E-state index >= 15 is 0 Å². The molecule has 1 aromatic heterocycles. The fourth-order valence-corrected chi connectivity index (χ4v) is 1.47. The molecule has 0 saturated heterocycles. The van der Waals surface area contributed by atoms with Crippen LogP contribution in [0.15, 0.2) is 6.07 Å². The van der Waals surface area contributed by atoms with Crippen LogP contribution in [0.2, 0.25) is 0 Å². The van der Waals surface area contributed by atoms with Crippen molar-refractivity contribution >= 4 is 5.82 Å². The summed E-state index contributed by atoms with van der Waals surface area (Å²) in [4.78, 5) is 8.70. The predicted octanol–water partition coefficient (Wildman–Crippen LogP) is 2.16. The van der Waals surface area contributed by atoms with Gasteiger partial charge < -0.3 is 14.8 Å². The van der Waals surface area contributed by atoms with Crippen LogP contribution >= 0.6 is 0 Å². The first-order chi connectivity index (χ1) is 8.61. The number of hydrogen-bond acceptors (Lipinski definition) is 5. The molecule has 102 valence electrons. The number of aryl methyl sites for hydroxylation is 1. The van der Waals surface area contributed by atoms with E-state index in [1.807, 2.05) is 33.8 Å². The van der Waals surface area contributed by atoms with Crippen molar-refractivity contribution in [2.45, 2.75) is 40.4 Å². The number of hydrogen-bond donors (Lipinski definition) is 1. The van der Waals surface area contributed by atoms with Crippen LogP contribution in [-0.4, -0.2) is 35.8 Å². The van der Waals surface area contributed by atoms with Gasteiger partial charge in [-0.2, -0.15) is 0 Å². The average Bonchev–Trinajstić information content (AvgIpc) is 2.28. The standard InChI is InChI=1S/C13H23N3O2/c1-5-14-12-8-11(4)15-13(16-12)9-17-6-7-18-10(2)3/h8,10H,5-7,9H2,1-4H3,(H,14,15,16). The molecular formula is C13H23N3O2. The van der Waals surface area contributed by atoms with Gasteiger partial charge in [-0.3, -0.25) is 0 Å². The summed E-state index contributed by atoms with van der Waals surface area (Å²) in [6.07, 6.45) is 0.240. The molecule has 0 radical (unpaired) electrons. The van der Waals surface area contributed by atoms with Crippen molar-refractivity contribution in [2.24, 2.45) is 0 Å². The summed E-state index contributed by atoms with van der Waals surface area (Å²) in [5.74, 6) is 1.55. The SMILES string of the molecule is CCNc1cc(C)nc(COCCOC(C)C)n1. The van der Waals surface area contributed by atoms with Crippen molar-refractivity contribution in [2.75, 3.05) is 25.1 Å². The molecular weight excluding hydrogens is 230 g/mol. The Bertz CT molecular complexity index is 356. The van der Waals surface area contributed by atoms with Gasteiger partial charge in [0.05, 0.1) is 19.3 Å². The molecule has 0 amide bonds. The predicted molar refractivity (Wildman–Crippen MR) is 71.7 cm³/mol. The van der Waals surface area contributed by atoms with Crippen molar-refractivity contribution in [3.05, 3.63) is 17.6 Å². The molecule has 5 heteroatoms. The second-order valence-corrected chi connectivity index (χ2v) is 4.31. The highest BCUT2D eigenvalue weighted by Crippen LogP contribution is 2.06. The maximum Gasteiger partial charge on any atom is 0.156 e. The fourth-order valence-electron chi connectivity index (χ4n) is 1.47. The number of ether oxygens (including phenoxy) is 2. The molecule has 0 unspecified atom stereocenters. The van der Waals surface area contributed by atoms with Crippen LogP contribution < -0.4 is 5.32 Å². The largest absolute Gasteiger partial charge is 0.376 e. The Morgan fingerprint density at radius 3 is 2.72 bits per heavy atom. The van der Waals surface area contributed by atoms with Gasteiger partial charge in [0.25, 0.3) is 0 Å². The van der Waals surface area contributed by atoms with E-state index in [-0.39, 0.29) is 6.10 Å². The van der Waals surface area contributed by atoms with Crippen LogP contribution in [-0.2, 0) is 16.1 Å². The highest BCUT2D eigenvalue weighted by molar-refractivity contribution is 5.35. The molecule has 1 N–H and O–H groups in total.